The van der Waals surface area contributed by atoms with Gasteiger partial charge in [-0.2, -0.15) is 0 Å². The molecule has 1 saturated heterocycles. The maximum Gasteiger partial charge on any atom is 0.254 e. The van der Waals surface area contributed by atoms with Crippen molar-refractivity contribution >= 4 is 22.6 Å². The molecule has 3 aromatic carbocycles. The van der Waals surface area contributed by atoms with E-state index in [-0.39, 0.29) is 17.7 Å². The summed E-state index contributed by atoms with van der Waals surface area (Å²) < 4.78 is 0. The molecule has 1 aromatic heterocycles. The molecule has 0 spiro atoms. The zero-order valence-corrected chi connectivity index (χ0v) is 19.9. The zero-order valence-electron chi connectivity index (χ0n) is 19.9. The third-order valence-corrected chi connectivity index (χ3v) is 6.83. The predicted octanol–water partition coefficient (Wildman–Crippen LogP) is 5.07. The number of hydrogen-bond acceptors (Lipinski definition) is 3. The highest BCUT2D eigenvalue weighted by Crippen LogP contribution is 2.27. The van der Waals surface area contributed by atoms with E-state index >= 15 is 0 Å². The maximum absolute atomic E-state index is 13.8. The van der Waals surface area contributed by atoms with Gasteiger partial charge >= 0.3 is 0 Å². The van der Waals surface area contributed by atoms with Gasteiger partial charge in [-0.1, -0.05) is 72.8 Å². The second-order valence-corrected chi connectivity index (χ2v) is 9.22. The molecule has 0 bridgehead atoms. The minimum absolute atomic E-state index is 0.0101. The summed E-state index contributed by atoms with van der Waals surface area (Å²) in [5, 5.41) is 2.28. The molecule has 0 radical (unpaired) electrons. The Labute approximate surface area is 206 Å². The number of rotatable bonds is 4. The smallest absolute Gasteiger partial charge is 0.254 e. The van der Waals surface area contributed by atoms with Crippen molar-refractivity contribution in [2.45, 2.75) is 13.3 Å². The number of carbonyl (C=O) groups excluding carboxylic acids is 2. The van der Waals surface area contributed by atoms with Gasteiger partial charge in [0.2, 0.25) is 5.91 Å². The van der Waals surface area contributed by atoms with Crippen LogP contribution in [0.15, 0.2) is 91.3 Å². The third-order valence-electron chi connectivity index (χ3n) is 6.83. The molecule has 35 heavy (non-hydrogen) atoms. The molecule has 5 heteroatoms. The van der Waals surface area contributed by atoms with Gasteiger partial charge in [-0.15, -0.1) is 0 Å². The van der Waals surface area contributed by atoms with Crippen molar-refractivity contribution < 1.29 is 9.59 Å². The van der Waals surface area contributed by atoms with Crippen molar-refractivity contribution in [3.8, 4) is 11.1 Å². The summed E-state index contributed by atoms with van der Waals surface area (Å²) in [5.41, 5.74) is 3.80. The minimum atomic E-state index is 0.0101. The highest BCUT2D eigenvalue weighted by atomic mass is 16.2. The Bertz CT molecular complexity index is 1350. The topological polar surface area (TPSA) is 53.5 Å². The van der Waals surface area contributed by atoms with Crippen LogP contribution in [0, 0.1) is 5.92 Å². The fourth-order valence-corrected chi connectivity index (χ4v) is 5.07. The monoisotopic (exact) mass is 463 g/mol. The van der Waals surface area contributed by atoms with Gasteiger partial charge in [0.1, 0.15) is 0 Å². The molecule has 4 aromatic rings. The van der Waals surface area contributed by atoms with Crippen LogP contribution in [0.2, 0.25) is 0 Å². The largest absolute Gasteiger partial charge is 0.341 e. The Hall–Kier alpha value is -3.99. The summed E-state index contributed by atoms with van der Waals surface area (Å²) >= 11 is 0. The molecule has 1 aliphatic rings. The molecule has 176 valence electrons. The first-order valence-corrected chi connectivity index (χ1v) is 12.1. The van der Waals surface area contributed by atoms with Crippen LogP contribution in [0.4, 0.5) is 0 Å². The van der Waals surface area contributed by atoms with Gasteiger partial charge in [0.15, 0.2) is 0 Å². The van der Waals surface area contributed by atoms with Crippen molar-refractivity contribution in [3.63, 3.8) is 0 Å². The molecule has 1 aliphatic heterocycles. The summed E-state index contributed by atoms with van der Waals surface area (Å²) in [5.74, 6) is 0.169. The van der Waals surface area contributed by atoms with E-state index in [9.17, 15) is 9.59 Å². The number of carbonyl (C=O) groups is 2. The van der Waals surface area contributed by atoms with Crippen LogP contribution in [0.3, 0.4) is 0 Å². The van der Waals surface area contributed by atoms with E-state index in [4.69, 9.17) is 0 Å². The molecule has 5 nitrogen and oxygen atoms in total. The number of amides is 2. The number of fused-ring (bicyclic) bond motifs is 1. The Morgan fingerprint density at radius 1 is 0.829 bits per heavy atom. The standard InChI is InChI=1S/C30H29N3O2/c1-22(34)32-15-16-33(30(35)29-14-8-7-13-28(29)24-9-3-2-4-10-24)21-23(20-32)17-26-19-31-18-25-11-5-6-12-27(25)26/h2-14,18-19,23H,15-17,20-21H2,1H3/t23-/m0/s1. The Morgan fingerprint density at radius 3 is 2.34 bits per heavy atom. The lowest BCUT2D eigenvalue weighted by molar-refractivity contribution is -0.129. The van der Waals surface area contributed by atoms with E-state index in [1.54, 1.807) is 6.92 Å². The summed E-state index contributed by atoms with van der Waals surface area (Å²) in [6.45, 7) is 3.89. The molecule has 1 atom stereocenters. The van der Waals surface area contributed by atoms with E-state index in [0.29, 0.717) is 31.7 Å². The Balaban J connectivity index is 1.45. The molecular formula is C30H29N3O2. The van der Waals surface area contributed by atoms with Crippen molar-refractivity contribution in [1.82, 2.24) is 14.8 Å². The molecule has 2 heterocycles. The van der Waals surface area contributed by atoms with Crippen LogP contribution in [-0.4, -0.2) is 52.8 Å². The van der Waals surface area contributed by atoms with Gasteiger partial charge in [0.05, 0.1) is 0 Å². The van der Waals surface area contributed by atoms with Crippen molar-refractivity contribution in [2.24, 2.45) is 5.92 Å². The lowest BCUT2D eigenvalue weighted by Crippen LogP contribution is -2.37. The summed E-state index contributed by atoms with van der Waals surface area (Å²) in [7, 11) is 0. The number of benzene rings is 3. The van der Waals surface area contributed by atoms with Gasteiger partial charge in [-0.05, 0) is 40.5 Å². The number of nitrogens with zero attached hydrogens (tertiary/aromatic N) is 3. The minimum Gasteiger partial charge on any atom is -0.341 e. The number of pyridine rings is 1. The lowest BCUT2D eigenvalue weighted by Gasteiger charge is -2.25. The molecule has 1 fully saturated rings. The first-order chi connectivity index (χ1) is 17.1. The normalized spacial score (nSPS) is 16.2. The molecule has 2 amide bonds. The molecule has 0 unspecified atom stereocenters. The molecule has 0 N–H and O–H groups in total. The first-order valence-electron chi connectivity index (χ1n) is 12.1. The van der Waals surface area contributed by atoms with E-state index in [2.05, 4.69) is 17.1 Å². The number of aromatic nitrogens is 1. The summed E-state index contributed by atoms with van der Waals surface area (Å²) in [6.07, 6.45) is 4.55. The van der Waals surface area contributed by atoms with Gasteiger partial charge < -0.3 is 9.80 Å². The van der Waals surface area contributed by atoms with Crippen LogP contribution < -0.4 is 0 Å². The average Bonchev–Trinajstić information content (AvgIpc) is 3.12. The lowest BCUT2D eigenvalue weighted by atomic mass is 9.95. The van der Waals surface area contributed by atoms with Crippen LogP contribution in [0.1, 0.15) is 22.8 Å². The molecule has 0 saturated carbocycles. The SMILES string of the molecule is CC(=O)N1CCN(C(=O)c2ccccc2-c2ccccc2)C[C@@H](Cc2cncc3ccccc23)C1. The average molecular weight is 464 g/mol. The van der Waals surface area contributed by atoms with Gasteiger partial charge in [-0.25, -0.2) is 0 Å². The van der Waals surface area contributed by atoms with Crippen LogP contribution in [0.5, 0.6) is 0 Å². The summed E-state index contributed by atoms with van der Waals surface area (Å²) in [6, 6.07) is 26.0. The highest BCUT2D eigenvalue weighted by molar-refractivity contribution is 6.01. The fraction of sp³-hybridized carbons (Fsp3) is 0.233. The molecule has 0 aliphatic carbocycles. The van der Waals surface area contributed by atoms with Crippen molar-refractivity contribution in [1.29, 1.82) is 0 Å². The highest BCUT2D eigenvalue weighted by Gasteiger charge is 2.29. The Kier molecular flexibility index (Phi) is 6.57. The van der Waals surface area contributed by atoms with Gasteiger partial charge in [0, 0.05) is 56.4 Å². The molecular weight excluding hydrogens is 434 g/mol. The van der Waals surface area contributed by atoms with E-state index in [1.165, 1.54) is 5.39 Å². The van der Waals surface area contributed by atoms with Crippen LogP contribution >= 0.6 is 0 Å². The molecule has 5 rings (SSSR count). The second kappa shape index (κ2) is 10.1. The second-order valence-electron chi connectivity index (χ2n) is 9.22. The third kappa shape index (κ3) is 4.94. The number of hydrogen-bond donors (Lipinski definition) is 0. The maximum atomic E-state index is 13.8. The van der Waals surface area contributed by atoms with Gasteiger partial charge in [0.25, 0.3) is 5.91 Å². The van der Waals surface area contributed by atoms with E-state index in [0.717, 1.165) is 28.5 Å². The predicted molar refractivity (Wildman–Crippen MR) is 139 cm³/mol. The van der Waals surface area contributed by atoms with Crippen molar-refractivity contribution in [2.75, 3.05) is 26.2 Å². The van der Waals surface area contributed by atoms with Crippen molar-refractivity contribution in [3.05, 3.63) is 102 Å². The van der Waals surface area contributed by atoms with E-state index < -0.39 is 0 Å². The zero-order chi connectivity index (χ0) is 24.2. The van der Waals surface area contributed by atoms with Crippen LogP contribution in [0.25, 0.3) is 21.9 Å². The quantitative estimate of drug-likeness (QED) is 0.425. The Morgan fingerprint density at radius 2 is 1.51 bits per heavy atom. The van der Waals surface area contributed by atoms with Crippen LogP contribution in [-0.2, 0) is 11.2 Å². The van der Waals surface area contributed by atoms with E-state index in [1.807, 2.05) is 88.9 Å². The van der Waals surface area contributed by atoms with Gasteiger partial charge in [-0.3, -0.25) is 14.6 Å². The summed E-state index contributed by atoms with van der Waals surface area (Å²) in [4.78, 5) is 34.4. The first kappa shape index (κ1) is 22.8. The fourth-order valence-electron chi connectivity index (χ4n) is 5.07.